The van der Waals surface area contributed by atoms with Gasteiger partial charge >= 0.3 is 0 Å². The average molecular weight is 249 g/mol. The fourth-order valence-corrected chi connectivity index (χ4v) is 1.53. The van der Waals surface area contributed by atoms with Gasteiger partial charge in [0.2, 0.25) is 0 Å². The Hall–Kier alpha value is -2.07. The predicted molar refractivity (Wildman–Crippen MR) is 66.5 cm³/mol. The lowest BCUT2D eigenvalue weighted by Gasteiger charge is -2.05. The van der Waals surface area contributed by atoms with Crippen LogP contribution in [0.2, 0.25) is 5.02 Å². The zero-order valence-electron chi connectivity index (χ0n) is 8.74. The van der Waals surface area contributed by atoms with Crippen LogP contribution in [-0.2, 0) is 0 Å². The smallest absolute Gasteiger partial charge is 0.261 e. The summed E-state index contributed by atoms with van der Waals surface area (Å²) >= 11 is 5.89. The molecule has 1 aromatic heterocycles. The Kier molecular flexibility index (Phi) is 3.25. The highest BCUT2D eigenvalue weighted by Gasteiger charge is 2.10. The van der Waals surface area contributed by atoms with E-state index in [4.69, 9.17) is 11.6 Å². The van der Waals surface area contributed by atoms with E-state index in [1.807, 2.05) is 0 Å². The summed E-state index contributed by atoms with van der Waals surface area (Å²) in [5.74, 6) is -0.486. The number of pyridine rings is 1. The second-order valence-corrected chi connectivity index (χ2v) is 3.76. The molecule has 0 atom stereocenters. The zero-order chi connectivity index (χ0) is 12.3. The Balaban J connectivity index is 2.27. The quantitative estimate of drug-likeness (QED) is 0.857. The standard InChI is InChI=1S/C12H9ClN2O2/c13-9-3-1-2-4-10(9)15-12(17)8-7-14-6-5-11(8)16/h1-7H,(H,14,16)(H,15,17). The fraction of sp³-hybridized carbons (Fsp3) is 0. The van der Waals surface area contributed by atoms with Gasteiger partial charge in [-0.2, -0.15) is 0 Å². The lowest BCUT2D eigenvalue weighted by molar-refractivity contribution is 0.102. The zero-order valence-corrected chi connectivity index (χ0v) is 9.49. The van der Waals surface area contributed by atoms with Crippen LogP contribution in [0.25, 0.3) is 0 Å². The minimum Gasteiger partial charge on any atom is -0.367 e. The number of rotatable bonds is 2. The molecule has 2 rings (SSSR count). The number of anilines is 1. The number of hydrogen-bond acceptors (Lipinski definition) is 2. The molecule has 4 nitrogen and oxygen atoms in total. The molecule has 0 fully saturated rings. The van der Waals surface area contributed by atoms with Gasteiger partial charge in [-0.1, -0.05) is 23.7 Å². The first-order valence-corrected chi connectivity index (χ1v) is 5.29. The van der Waals surface area contributed by atoms with E-state index in [1.54, 1.807) is 24.3 Å². The van der Waals surface area contributed by atoms with Crippen LogP contribution in [0.15, 0.2) is 47.5 Å². The van der Waals surface area contributed by atoms with E-state index in [0.29, 0.717) is 10.7 Å². The summed E-state index contributed by atoms with van der Waals surface area (Å²) in [6.45, 7) is 0. The van der Waals surface area contributed by atoms with Crippen molar-refractivity contribution in [2.75, 3.05) is 5.32 Å². The number of carbonyl (C=O) groups excluding carboxylic acids is 1. The van der Waals surface area contributed by atoms with Crippen LogP contribution in [0.3, 0.4) is 0 Å². The number of aromatic nitrogens is 1. The van der Waals surface area contributed by atoms with E-state index in [0.717, 1.165) is 0 Å². The number of hydrogen-bond donors (Lipinski definition) is 2. The molecule has 0 unspecified atom stereocenters. The van der Waals surface area contributed by atoms with E-state index in [-0.39, 0.29) is 11.0 Å². The molecule has 5 heteroatoms. The second-order valence-electron chi connectivity index (χ2n) is 3.36. The largest absolute Gasteiger partial charge is 0.367 e. The van der Waals surface area contributed by atoms with Crippen LogP contribution in [0.4, 0.5) is 5.69 Å². The number of benzene rings is 1. The van der Waals surface area contributed by atoms with Crippen molar-refractivity contribution in [1.82, 2.24) is 4.98 Å². The van der Waals surface area contributed by atoms with Crippen molar-refractivity contribution in [3.63, 3.8) is 0 Å². The van der Waals surface area contributed by atoms with Crippen molar-refractivity contribution >= 4 is 23.2 Å². The first-order valence-electron chi connectivity index (χ1n) is 4.91. The van der Waals surface area contributed by atoms with E-state index < -0.39 is 5.91 Å². The van der Waals surface area contributed by atoms with Crippen LogP contribution < -0.4 is 10.7 Å². The molecule has 0 radical (unpaired) electrons. The highest BCUT2D eigenvalue weighted by atomic mass is 35.5. The summed E-state index contributed by atoms with van der Waals surface area (Å²) in [5.41, 5.74) is 0.183. The molecule has 86 valence electrons. The van der Waals surface area contributed by atoms with Gasteiger partial charge in [0.15, 0.2) is 5.43 Å². The Morgan fingerprint density at radius 1 is 1.24 bits per heavy atom. The van der Waals surface area contributed by atoms with Gasteiger partial charge in [0.1, 0.15) is 5.56 Å². The van der Waals surface area contributed by atoms with Gasteiger partial charge in [0.05, 0.1) is 10.7 Å². The maximum atomic E-state index is 11.8. The average Bonchev–Trinajstić information content (AvgIpc) is 2.32. The van der Waals surface area contributed by atoms with Crippen molar-refractivity contribution in [3.8, 4) is 0 Å². The first kappa shape index (κ1) is 11.4. The lowest BCUT2D eigenvalue weighted by atomic mass is 10.2. The maximum absolute atomic E-state index is 11.8. The van der Waals surface area contributed by atoms with E-state index in [9.17, 15) is 9.59 Å². The van der Waals surface area contributed by atoms with Crippen molar-refractivity contribution in [2.45, 2.75) is 0 Å². The summed E-state index contributed by atoms with van der Waals surface area (Å²) in [5, 5.41) is 3.00. The van der Waals surface area contributed by atoms with Crippen LogP contribution in [0.5, 0.6) is 0 Å². The topological polar surface area (TPSA) is 62.0 Å². The summed E-state index contributed by atoms with van der Waals surface area (Å²) in [6, 6.07) is 8.12. The summed E-state index contributed by atoms with van der Waals surface area (Å²) < 4.78 is 0. The molecule has 0 aliphatic rings. The Bertz CT molecular complexity index is 607. The monoisotopic (exact) mass is 248 g/mol. The van der Waals surface area contributed by atoms with Crippen molar-refractivity contribution in [3.05, 3.63) is 63.5 Å². The maximum Gasteiger partial charge on any atom is 0.261 e. The molecule has 0 spiro atoms. The van der Waals surface area contributed by atoms with Gasteiger partial charge in [-0.05, 0) is 12.1 Å². The fourth-order valence-electron chi connectivity index (χ4n) is 1.35. The van der Waals surface area contributed by atoms with Gasteiger partial charge in [-0.15, -0.1) is 0 Å². The lowest BCUT2D eigenvalue weighted by Crippen LogP contribution is -2.20. The number of nitrogens with one attached hydrogen (secondary N) is 2. The third-order valence-corrected chi connectivity index (χ3v) is 2.52. The highest BCUT2D eigenvalue weighted by molar-refractivity contribution is 6.33. The first-order chi connectivity index (χ1) is 8.18. The van der Waals surface area contributed by atoms with Crippen LogP contribution >= 0.6 is 11.6 Å². The van der Waals surface area contributed by atoms with E-state index in [2.05, 4.69) is 10.3 Å². The molecule has 0 saturated heterocycles. The molecule has 1 amide bonds. The predicted octanol–water partition coefficient (Wildman–Crippen LogP) is 2.28. The van der Waals surface area contributed by atoms with Crippen molar-refractivity contribution in [2.24, 2.45) is 0 Å². The number of amides is 1. The number of H-pyrrole nitrogens is 1. The van der Waals surface area contributed by atoms with Crippen LogP contribution in [0, 0.1) is 0 Å². The number of carbonyl (C=O) groups is 1. The minimum atomic E-state index is -0.486. The molecule has 0 bridgehead atoms. The van der Waals surface area contributed by atoms with Crippen molar-refractivity contribution < 1.29 is 4.79 Å². The normalized spacial score (nSPS) is 9.94. The molecule has 2 N–H and O–H groups in total. The Morgan fingerprint density at radius 2 is 2.00 bits per heavy atom. The summed E-state index contributed by atoms with van der Waals surface area (Å²) in [6.07, 6.45) is 2.82. The molecule has 0 aliphatic carbocycles. The van der Waals surface area contributed by atoms with E-state index >= 15 is 0 Å². The number of halogens is 1. The summed E-state index contributed by atoms with van der Waals surface area (Å²) in [4.78, 5) is 25.9. The number of aromatic amines is 1. The SMILES string of the molecule is O=C(Nc1ccccc1Cl)c1c[nH]ccc1=O. The van der Waals surface area contributed by atoms with Gasteiger partial charge in [0.25, 0.3) is 5.91 Å². The third kappa shape index (κ3) is 2.54. The van der Waals surface area contributed by atoms with Gasteiger partial charge < -0.3 is 10.3 Å². The van der Waals surface area contributed by atoms with Gasteiger partial charge in [0, 0.05) is 18.5 Å². The Labute approximate surface area is 102 Å². The van der Waals surface area contributed by atoms with Gasteiger partial charge in [-0.25, -0.2) is 0 Å². The molecule has 0 saturated carbocycles. The van der Waals surface area contributed by atoms with Gasteiger partial charge in [-0.3, -0.25) is 9.59 Å². The minimum absolute atomic E-state index is 0.0485. The van der Waals surface area contributed by atoms with Crippen LogP contribution in [-0.4, -0.2) is 10.9 Å². The molecule has 1 aromatic carbocycles. The molecular weight excluding hydrogens is 240 g/mol. The van der Waals surface area contributed by atoms with E-state index in [1.165, 1.54) is 18.5 Å². The molecule has 1 heterocycles. The molecule has 0 aliphatic heterocycles. The molecule has 17 heavy (non-hydrogen) atoms. The molecular formula is C12H9ClN2O2. The Morgan fingerprint density at radius 3 is 2.71 bits per heavy atom. The van der Waals surface area contributed by atoms with Crippen LogP contribution in [0.1, 0.15) is 10.4 Å². The summed E-state index contributed by atoms with van der Waals surface area (Å²) in [7, 11) is 0. The van der Waals surface area contributed by atoms with Crippen molar-refractivity contribution in [1.29, 1.82) is 0 Å². The molecule has 2 aromatic rings. The number of para-hydroxylation sites is 1. The third-order valence-electron chi connectivity index (χ3n) is 2.19. The highest BCUT2D eigenvalue weighted by Crippen LogP contribution is 2.20. The second kappa shape index (κ2) is 4.84.